The third-order valence-electron chi connectivity index (χ3n) is 19.5. The van der Waals surface area contributed by atoms with Crippen molar-refractivity contribution in [1.29, 1.82) is 0 Å². The summed E-state index contributed by atoms with van der Waals surface area (Å²) in [6.07, 6.45) is 9.22. The molecular weight excluding hydrogens is 1110 g/mol. The van der Waals surface area contributed by atoms with E-state index in [2.05, 4.69) is 21.3 Å². The highest BCUT2D eigenvalue weighted by molar-refractivity contribution is 5.92. The second-order valence-corrected chi connectivity index (χ2v) is 25.5. The van der Waals surface area contributed by atoms with Gasteiger partial charge in [0, 0.05) is 88.9 Å². The summed E-state index contributed by atoms with van der Waals surface area (Å²) in [7, 11) is 6.91. The number of amides is 8. The van der Waals surface area contributed by atoms with Crippen molar-refractivity contribution in [2.45, 2.75) is 177 Å². The highest BCUT2D eigenvalue weighted by Gasteiger charge is 2.42. The second kappa shape index (κ2) is 31.6. The van der Waals surface area contributed by atoms with Crippen molar-refractivity contribution < 1.29 is 47.8 Å². The summed E-state index contributed by atoms with van der Waals surface area (Å²) in [6, 6.07) is 32.9. The zero-order valence-corrected chi connectivity index (χ0v) is 51.9. The van der Waals surface area contributed by atoms with Crippen LogP contribution in [0.25, 0.3) is 0 Å². The monoisotopic (exact) mass is 1200 g/mol. The van der Waals surface area contributed by atoms with Gasteiger partial charge in [-0.25, -0.2) is 0 Å². The van der Waals surface area contributed by atoms with E-state index in [9.17, 15) is 38.4 Å². The molecule has 4 N–H and O–H groups in total. The molecule has 0 unspecified atom stereocenters. The van der Waals surface area contributed by atoms with Crippen LogP contribution >= 0.6 is 0 Å². The summed E-state index contributed by atoms with van der Waals surface area (Å²) in [4.78, 5) is 125. The number of carbonyl (C=O) groups is 8. The zero-order valence-electron chi connectivity index (χ0n) is 51.9. The summed E-state index contributed by atoms with van der Waals surface area (Å²) in [5, 5.41) is 12.5. The number of nitrogens with one attached hydrogen (secondary N) is 4. The standard InChI is InChI=1S/C70H92N8O10/c1-75-55-33-19-31-53(41-55)65(81)73-61(45-87-43-49-25-13-7-14-26-49)69(85)78(4)58-36-18-30-52(40-58)64(80)72-60(38-48-23-11-6-12-24-48)68(84)76(2)56-34-20-32-54(42-56)66(82)74-62(46-88-44-50-27-15-8-16-28-50)70(86)77(3)57-35-17-29-51(39-57)63(79)71-59(67(75)83)37-47-21-9-5-10-22-47/h5-16,21-28,51-62H,17-20,29-46H2,1-4H3,(H,71,79)(H,72,80)(H,73,81)(H,74,82)/t51-,52-,53-,54+,55-,56+,57+,58+,59-,60-,61-,62-/m1/s1. The van der Waals surface area contributed by atoms with Crippen LogP contribution < -0.4 is 21.3 Å². The third kappa shape index (κ3) is 17.5. The first-order valence-electron chi connectivity index (χ1n) is 32.2. The summed E-state index contributed by atoms with van der Waals surface area (Å²) in [6.45, 7) is 0.234. The van der Waals surface area contributed by atoms with E-state index in [1.807, 2.05) is 121 Å². The predicted molar refractivity (Wildman–Crippen MR) is 334 cm³/mol. The van der Waals surface area contributed by atoms with Gasteiger partial charge in [0.05, 0.1) is 26.4 Å². The zero-order chi connectivity index (χ0) is 62.1. The molecule has 8 amide bonds. The molecule has 5 aliphatic rings. The largest absolute Gasteiger partial charge is 0.374 e. The van der Waals surface area contributed by atoms with Crippen LogP contribution in [-0.2, 0) is 73.9 Å². The van der Waals surface area contributed by atoms with Crippen LogP contribution in [-0.4, -0.2) is 157 Å². The number of nitrogens with zero attached hydrogens (tertiary/aromatic N) is 4. The smallest absolute Gasteiger partial charge is 0.247 e. The summed E-state index contributed by atoms with van der Waals surface area (Å²) in [5.74, 6) is -4.52. The van der Waals surface area contributed by atoms with Crippen molar-refractivity contribution >= 4 is 47.3 Å². The van der Waals surface area contributed by atoms with Gasteiger partial charge in [0.15, 0.2) is 0 Å². The lowest BCUT2D eigenvalue weighted by atomic mass is 9.83. The average molecular weight is 1210 g/mol. The Morgan fingerprint density at radius 1 is 0.330 bits per heavy atom. The molecule has 1 saturated heterocycles. The summed E-state index contributed by atoms with van der Waals surface area (Å²) in [5.41, 5.74) is 3.55. The number of hydrogen-bond acceptors (Lipinski definition) is 10. The summed E-state index contributed by atoms with van der Waals surface area (Å²) >= 11 is 0. The lowest BCUT2D eigenvalue weighted by Gasteiger charge is -2.39. The van der Waals surface area contributed by atoms with Crippen molar-refractivity contribution in [3.63, 3.8) is 0 Å². The molecule has 8 bridgehead atoms. The Morgan fingerprint density at radius 3 is 0.841 bits per heavy atom. The molecule has 4 aromatic carbocycles. The second-order valence-electron chi connectivity index (χ2n) is 25.5. The predicted octanol–water partition coefficient (Wildman–Crippen LogP) is 6.93. The maximum Gasteiger partial charge on any atom is 0.247 e. The van der Waals surface area contributed by atoms with Crippen LogP contribution in [0.1, 0.15) is 125 Å². The third-order valence-corrected chi connectivity index (χ3v) is 19.5. The minimum absolute atomic E-state index is 0.0991. The lowest BCUT2D eigenvalue weighted by Crippen LogP contribution is -2.57. The van der Waals surface area contributed by atoms with Gasteiger partial charge in [0.2, 0.25) is 47.3 Å². The molecule has 88 heavy (non-hydrogen) atoms. The fraction of sp³-hybridized carbons (Fsp3) is 0.543. The Kier molecular flexibility index (Phi) is 23.4. The van der Waals surface area contributed by atoms with E-state index >= 15 is 0 Å². The van der Waals surface area contributed by atoms with Gasteiger partial charge in [-0.1, -0.05) is 147 Å². The minimum Gasteiger partial charge on any atom is -0.374 e. The maximum absolute atomic E-state index is 14.9. The van der Waals surface area contributed by atoms with E-state index < -0.39 is 47.8 Å². The average Bonchev–Trinajstić information content (AvgIpc) is 3.48. The van der Waals surface area contributed by atoms with Crippen molar-refractivity contribution in [2.24, 2.45) is 23.7 Å². The molecule has 1 heterocycles. The number of likely N-dealkylation sites (N-methyl/N-ethyl adjacent to an activating group) is 4. The molecule has 5 fully saturated rings. The molecular formula is C70H92N8O10. The Hall–Kier alpha value is -7.44. The number of fused-ring (bicyclic) bond motifs is 8. The van der Waals surface area contributed by atoms with E-state index in [-0.39, 0.29) is 111 Å². The molecule has 4 saturated carbocycles. The van der Waals surface area contributed by atoms with Crippen molar-refractivity contribution in [2.75, 3.05) is 41.4 Å². The topological polar surface area (TPSA) is 216 Å². The first-order valence-corrected chi connectivity index (χ1v) is 32.2. The Morgan fingerprint density at radius 2 is 0.568 bits per heavy atom. The van der Waals surface area contributed by atoms with Crippen LogP contribution in [0.15, 0.2) is 121 Å². The van der Waals surface area contributed by atoms with Crippen molar-refractivity contribution in [3.8, 4) is 0 Å². The molecule has 472 valence electrons. The lowest BCUT2D eigenvalue weighted by molar-refractivity contribution is -0.143. The highest BCUT2D eigenvalue weighted by atomic mass is 16.5. The first kappa shape index (κ1) is 65.0. The highest BCUT2D eigenvalue weighted by Crippen LogP contribution is 2.33. The normalized spacial score (nSPS) is 28.8. The molecule has 18 nitrogen and oxygen atoms in total. The Balaban J connectivity index is 0.999. The van der Waals surface area contributed by atoms with Gasteiger partial charge in [-0.3, -0.25) is 38.4 Å². The number of rotatable bonds is 12. The van der Waals surface area contributed by atoms with Crippen LogP contribution in [0.5, 0.6) is 0 Å². The van der Waals surface area contributed by atoms with Gasteiger partial charge >= 0.3 is 0 Å². The number of hydrogen-bond donors (Lipinski definition) is 4. The first-order chi connectivity index (χ1) is 42.6. The number of benzene rings is 4. The minimum atomic E-state index is -1.05. The van der Waals surface area contributed by atoms with E-state index in [1.54, 1.807) is 47.8 Å². The maximum atomic E-state index is 14.9. The molecule has 18 heteroatoms. The molecule has 1 aliphatic heterocycles. The molecule has 0 radical (unpaired) electrons. The van der Waals surface area contributed by atoms with Crippen LogP contribution in [0.3, 0.4) is 0 Å². The number of carbonyl (C=O) groups excluding carboxylic acids is 8. The van der Waals surface area contributed by atoms with Crippen molar-refractivity contribution in [1.82, 2.24) is 40.9 Å². The molecule has 12 atom stereocenters. The fourth-order valence-electron chi connectivity index (χ4n) is 14.1. The van der Waals surface area contributed by atoms with Gasteiger partial charge in [0.1, 0.15) is 24.2 Å². The van der Waals surface area contributed by atoms with Gasteiger partial charge in [-0.2, -0.15) is 0 Å². The molecule has 4 aliphatic carbocycles. The van der Waals surface area contributed by atoms with E-state index in [0.717, 1.165) is 22.3 Å². The Labute approximate surface area is 519 Å². The fourth-order valence-corrected chi connectivity index (χ4v) is 14.1. The molecule has 0 aromatic heterocycles. The molecule has 4 aromatic rings. The van der Waals surface area contributed by atoms with Gasteiger partial charge in [-0.05, 0) is 99.3 Å². The van der Waals surface area contributed by atoms with Gasteiger partial charge in [0.25, 0.3) is 0 Å². The number of ether oxygens (including phenoxy) is 2. The van der Waals surface area contributed by atoms with E-state index in [4.69, 9.17) is 9.47 Å². The van der Waals surface area contributed by atoms with Crippen LogP contribution in [0, 0.1) is 23.7 Å². The SMILES string of the molecule is CN1C(=O)[C@@H](COCc2ccccc2)NC(=O)[C@@H]2CCC[C@H](C2)N(C)C(=O)[C@@H](Cc2ccccc2)NC(=O)[C@@H]2CCC[C@@H](C2)N(C)C(=O)[C@@H](COCc2ccccc2)NC(=O)[C@H]2CCC[C@@H](C2)N(C)C(=O)[C@@H](Cc2ccccc2)NC(=O)[C@@H]2CCC[C@H]1C2. The van der Waals surface area contributed by atoms with Gasteiger partial charge < -0.3 is 50.3 Å². The van der Waals surface area contributed by atoms with E-state index in [1.165, 1.54) is 0 Å². The van der Waals surface area contributed by atoms with Crippen LogP contribution in [0.2, 0.25) is 0 Å². The molecule has 9 rings (SSSR count). The summed E-state index contributed by atoms with van der Waals surface area (Å²) < 4.78 is 12.4. The van der Waals surface area contributed by atoms with Crippen molar-refractivity contribution in [3.05, 3.63) is 144 Å². The van der Waals surface area contributed by atoms with Crippen LogP contribution in [0.4, 0.5) is 0 Å². The quantitative estimate of drug-likeness (QED) is 0.115. The Bertz CT molecular complexity index is 2780. The molecule has 0 spiro atoms. The van der Waals surface area contributed by atoms with Gasteiger partial charge in [-0.15, -0.1) is 0 Å². The van der Waals surface area contributed by atoms with E-state index in [0.29, 0.717) is 103 Å².